The van der Waals surface area contributed by atoms with E-state index in [0.717, 1.165) is 51.5 Å². The normalized spacial score (nSPS) is 14.9. The van der Waals surface area contributed by atoms with Gasteiger partial charge in [-0.3, -0.25) is 15.0 Å². The molecule has 0 radical (unpaired) electrons. The second kappa shape index (κ2) is 9.45. The summed E-state index contributed by atoms with van der Waals surface area (Å²) < 4.78 is 1.98. The number of anilines is 3. The van der Waals surface area contributed by atoms with Crippen molar-refractivity contribution in [3.05, 3.63) is 40.7 Å². The lowest BCUT2D eigenvalue weighted by molar-refractivity contribution is -0.384. The third kappa shape index (κ3) is 4.78. The minimum Gasteiger partial charge on any atom is -0.338 e. The Morgan fingerprint density at radius 2 is 1.97 bits per heavy atom. The highest BCUT2D eigenvalue weighted by atomic mass is 16.6. The molecule has 0 unspecified atom stereocenters. The lowest BCUT2D eigenvalue weighted by Gasteiger charge is -2.35. The van der Waals surface area contributed by atoms with Gasteiger partial charge in [0.2, 0.25) is 5.95 Å². The van der Waals surface area contributed by atoms with Crippen LogP contribution in [0.5, 0.6) is 0 Å². The molecule has 0 amide bonds. The number of nitro benzene ring substituents is 1. The van der Waals surface area contributed by atoms with Gasteiger partial charge in [0, 0.05) is 63.6 Å². The summed E-state index contributed by atoms with van der Waals surface area (Å²) in [6.07, 6.45) is 1.75. The number of nitrogens with one attached hydrogen (secondary N) is 1. The summed E-state index contributed by atoms with van der Waals surface area (Å²) in [5.41, 5.74) is 2.00. The van der Waals surface area contributed by atoms with E-state index in [1.807, 2.05) is 11.5 Å². The molecular weight excluding hydrogens is 410 g/mol. The molecule has 0 aliphatic carbocycles. The smallest absolute Gasteiger partial charge is 0.271 e. The number of nitrogens with zero attached hydrogens (tertiary/aromatic N) is 8. The zero-order valence-electron chi connectivity index (χ0n) is 18.7. The number of hydrogen-bond donors (Lipinski definition) is 1. The molecule has 11 heteroatoms. The highest BCUT2D eigenvalue weighted by molar-refractivity contribution is 5.86. The molecule has 2 aromatic heterocycles. The van der Waals surface area contributed by atoms with Gasteiger partial charge in [0.05, 0.1) is 11.3 Å². The van der Waals surface area contributed by atoms with Gasteiger partial charge < -0.3 is 19.7 Å². The lowest BCUT2D eigenvalue weighted by atomic mass is 10.3. The van der Waals surface area contributed by atoms with Gasteiger partial charge in [-0.1, -0.05) is 6.07 Å². The van der Waals surface area contributed by atoms with Crippen molar-refractivity contribution in [1.82, 2.24) is 29.3 Å². The fraction of sp³-hybridized carbons (Fsp3) is 0.476. The predicted octanol–water partition coefficient (Wildman–Crippen LogP) is 2.18. The van der Waals surface area contributed by atoms with Crippen LogP contribution in [0.4, 0.5) is 23.1 Å². The first-order chi connectivity index (χ1) is 15.4. The van der Waals surface area contributed by atoms with E-state index in [-0.39, 0.29) is 5.69 Å². The van der Waals surface area contributed by atoms with Crippen LogP contribution < -0.4 is 10.2 Å². The van der Waals surface area contributed by atoms with E-state index >= 15 is 0 Å². The van der Waals surface area contributed by atoms with E-state index in [2.05, 4.69) is 39.1 Å². The van der Waals surface area contributed by atoms with E-state index in [0.29, 0.717) is 23.0 Å². The van der Waals surface area contributed by atoms with Gasteiger partial charge in [-0.15, -0.1) is 0 Å². The van der Waals surface area contributed by atoms with Crippen LogP contribution in [0.15, 0.2) is 30.6 Å². The number of rotatable bonds is 8. The zero-order chi connectivity index (χ0) is 22.7. The Bertz CT molecular complexity index is 1090. The number of aromatic nitrogens is 4. The summed E-state index contributed by atoms with van der Waals surface area (Å²) in [5, 5.41) is 14.4. The molecule has 1 fully saturated rings. The summed E-state index contributed by atoms with van der Waals surface area (Å²) in [6, 6.07) is 6.39. The average molecular weight is 440 g/mol. The predicted molar refractivity (Wildman–Crippen MR) is 125 cm³/mol. The maximum atomic E-state index is 11.2. The van der Waals surface area contributed by atoms with Gasteiger partial charge in [0.1, 0.15) is 0 Å². The number of likely N-dealkylation sites (N-methyl/N-ethyl adjacent to an activating group) is 1. The van der Waals surface area contributed by atoms with Crippen molar-refractivity contribution in [2.45, 2.75) is 13.5 Å². The molecule has 1 N–H and O–H groups in total. The molecule has 0 atom stereocenters. The third-order valence-electron chi connectivity index (χ3n) is 5.63. The molecule has 1 aliphatic heterocycles. The Labute approximate surface area is 186 Å². The summed E-state index contributed by atoms with van der Waals surface area (Å²) in [6.45, 7) is 8.46. The first-order valence-electron chi connectivity index (χ1n) is 10.8. The number of nitro groups is 1. The minimum atomic E-state index is -0.409. The van der Waals surface area contributed by atoms with Crippen LogP contribution >= 0.6 is 0 Å². The quantitative estimate of drug-likeness (QED) is 0.417. The molecule has 4 rings (SSSR count). The number of fused-ring (bicyclic) bond motifs is 1. The van der Waals surface area contributed by atoms with Crippen LogP contribution in [0.1, 0.15) is 6.92 Å². The average Bonchev–Trinajstić information content (AvgIpc) is 3.21. The SMILES string of the molecule is CCn1cnc2c(Nc3cccc([N+](=O)[O-])c3)nc(N3CCN(CCN(C)C)CC3)nc21. The Morgan fingerprint density at radius 1 is 1.19 bits per heavy atom. The Balaban J connectivity index is 1.60. The maximum absolute atomic E-state index is 11.2. The fourth-order valence-electron chi connectivity index (χ4n) is 3.74. The van der Waals surface area contributed by atoms with Crippen LogP contribution in [-0.2, 0) is 6.54 Å². The Morgan fingerprint density at radius 3 is 2.66 bits per heavy atom. The van der Waals surface area contributed by atoms with Gasteiger partial charge in [-0.2, -0.15) is 9.97 Å². The van der Waals surface area contributed by atoms with Crippen molar-refractivity contribution in [1.29, 1.82) is 0 Å². The summed E-state index contributed by atoms with van der Waals surface area (Å²) in [4.78, 5) is 31.7. The molecule has 3 aromatic rings. The van der Waals surface area contributed by atoms with Crippen molar-refractivity contribution in [3.8, 4) is 0 Å². The topological polar surface area (TPSA) is 108 Å². The van der Waals surface area contributed by atoms with Gasteiger partial charge in [-0.25, -0.2) is 4.98 Å². The highest BCUT2D eigenvalue weighted by Crippen LogP contribution is 2.27. The third-order valence-corrected chi connectivity index (χ3v) is 5.63. The van der Waals surface area contributed by atoms with Crippen LogP contribution in [0.25, 0.3) is 11.2 Å². The molecule has 0 bridgehead atoms. The van der Waals surface area contributed by atoms with Crippen molar-refractivity contribution in [3.63, 3.8) is 0 Å². The first kappa shape index (κ1) is 21.9. The van der Waals surface area contributed by atoms with Crippen molar-refractivity contribution in [2.75, 3.05) is 63.6 Å². The van der Waals surface area contributed by atoms with E-state index in [1.165, 1.54) is 12.1 Å². The lowest BCUT2D eigenvalue weighted by Crippen LogP contribution is -2.48. The fourth-order valence-corrected chi connectivity index (χ4v) is 3.74. The second-order valence-corrected chi connectivity index (χ2v) is 8.14. The highest BCUT2D eigenvalue weighted by Gasteiger charge is 2.22. The van der Waals surface area contributed by atoms with Gasteiger partial charge in [0.15, 0.2) is 17.0 Å². The molecule has 0 saturated carbocycles. The van der Waals surface area contributed by atoms with E-state index < -0.39 is 4.92 Å². The zero-order valence-corrected chi connectivity index (χ0v) is 18.7. The molecule has 1 aromatic carbocycles. The number of aryl methyl sites for hydroxylation is 1. The number of piperazine rings is 1. The molecular formula is C21H29N9O2. The minimum absolute atomic E-state index is 0.0217. The second-order valence-electron chi connectivity index (χ2n) is 8.14. The standard InChI is InChI=1S/C21H29N9O2/c1-4-28-15-22-18-19(23-16-6-5-7-17(14-16)30(31)32)24-21(25-20(18)28)29-12-10-27(11-13-29)9-8-26(2)3/h5-7,14-15H,4,8-13H2,1-3H3,(H,23,24,25). The molecule has 3 heterocycles. The van der Waals surface area contributed by atoms with Crippen molar-refractivity contribution < 1.29 is 4.92 Å². The number of hydrogen-bond acceptors (Lipinski definition) is 9. The Kier molecular flexibility index (Phi) is 6.47. The summed E-state index contributed by atoms with van der Waals surface area (Å²) in [7, 11) is 4.18. The van der Waals surface area contributed by atoms with Crippen molar-refractivity contribution in [2.24, 2.45) is 0 Å². The van der Waals surface area contributed by atoms with Gasteiger partial charge in [0.25, 0.3) is 5.69 Å². The largest absolute Gasteiger partial charge is 0.338 e. The van der Waals surface area contributed by atoms with Crippen LogP contribution in [0.3, 0.4) is 0 Å². The molecule has 1 aliphatic rings. The van der Waals surface area contributed by atoms with Gasteiger partial charge >= 0.3 is 0 Å². The van der Waals surface area contributed by atoms with Crippen LogP contribution in [0.2, 0.25) is 0 Å². The van der Waals surface area contributed by atoms with E-state index in [4.69, 9.17) is 9.97 Å². The van der Waals surface area contributed by atoms with Gasteiger partial charge in [-0.05, 0) is 27.1 Å². The van der Waals surface area contributed by atoms with Crippen LogP contribution in [0, 0.1) is 10.1 Å². The number of benzene rings is 1. The molecule has 170 valence electrons. The monoisotopic (exact) mass is 439 g/mol. The molecule has 11 nitrogen and oxygen atoms in total. The summed E-state index contributed by atoms with van der Waals surface area (Å²) >= 11 is 0. The summed E-state index contributed by atoms with van der Waals surface area (Å²) in [5.74, 6) is 1.20. The first-order valence-corrected chi connectivity index (χ1v) is 10.8. The molecule has 1 saturated heterocycles. The van der Waals surface area contributed by atoms with E-state index in [1.54, 1.807) is 18.5 Å². The van der Waals surface area contributed by atoms with Crippen LogP contribution in [-0.4, -0.2) is 87.6 Å². The van der Waals surface area contributed by atoms with E-state index in [9.17, 15) is 10.1 Å². The number of imidazole rings is 1. The van der Waals surface area contributed by atoms with Crippen molar-refractivity contribution >= 4 is 34.3 Å². The number of non-ortho nitro benzene ring substituents is 1. The maximum Gasteiger partial charge on any atom is 0.271 e. The Hall–Kier alpha value is -3.31. The molecule has 32 heavy (non-hydrogen) atoms. The molecule has 0 spiro atoms.